The van der Waals surface area contributed by atoms with Crippen molar-refractivity contribution in [2.24, 2.45) is 0 Å². The van der Waals surface area contributed by atoms with Gasteiger partial charge in [0.25, 0.3) is 0 Å². The van der Waals surface area contributed by atoms with Crippen molar-refractivity contribution < 1.29 is 0 Å². The van der Waals surface area contributed by atoms with E-state index in [1.54, 1.807) is 0 Å². The van der Waals surface area contributed by atoms with Gasteiger partial charge in [-0.2, -0.15) is 0 Å². The molecule has 1 aromatic rings. The second kappa shape index (κ2) is 5.47. The number of halogens is 1. The number of piperazine rings is 1. The van der Waals surface area contributed by atoms with Crippen molar-refractivity contribution in [1.82, 2.24) is 9.80 Å². The molecule has 1 aromatic carbocycles. The molecule has 0 radical (unpaired) electrons. The summed E-state index contributed by atoms with van der Waals surface area (Å²) in [6, 6.07) is 9.53. The van der Waals surface area contributed by atoms with Gasteiger partial charge >= 0.3 is 0 Å². The van der Waals surface area contributed by atoms with Gasteiger partial charge in [-0.1, -0.05) is 12.1 Å². The summed E-state index contributed by atoms with van der Waals surface area (Å²) in [5.41, 5.74) is 1.43. The van der Waals surface area contributed by atoms with Gasteiger partial charge in [-0.3, -0.25) is 4.90 Å². The number of rotatable bonds is 2. The highest BCUT2D eigenvalue weighted by molar-refractivity contribution is 14.1. The largest absolute Gasteiger partial charge is 0.304 e. The first-order valence-corrected chi connectivity index (χ1v) is 6.90. The molecule has 0 aliphatic carbocycles. The van der Waals surface area contributed by atoms with Crippen LogP contribution in [0.1, 0.15) is 12.5 Å². The lowest BCUT2D eigenvalue weighted by Crippen LogP contribution is -2.49. The maximum Gasteiger partial charge on any atom is 0.0237 e. The van der Waals surface area contributed by atoms with Crippen LogP contribution in [0.3, 0.4) is 0 Å². The molecule has 1 aliphatic heterocycles. The fourth-order valence-corrected chi connectivity index (χ4v) is 2.60. The van der Waals surface area contributed by atoms with E-state index in [0.717, 1.165) is 6.54 Å². The molecular formula is C13H19IN2. The summed E-state index contributed by atoms with van der Waals surface area (Å²) in [5.74, 6) is 0. The smallest absolute Gasteiger partial charge is 0.0237 e. The van der Waals surface area contributed by atoms with Gasteiger partial charge in [0.05, 0.1) is 0 Å². The molecule has 1 heterocycles. The number of likely N-dealkylation sites (N-methyl/N-ethyl adjacent to an activating group) is 1. The molecule has 3 heteroatoms. The van der Waals surface area contributed by atoms with Crippen LogP contribution in [0.25, 0.3) is 0 Å². The fraction of sp³-hybridized carbons (Fsp3) is 0.538. The minimum Gasteiger partial charge on any atom is -0.304 e. The van der Waals surface area contributed by atoms with E-state index in [1.807, 2.05) is 0 Å². The van der Waals surface area contributed by atoms with Gasteiger partial charge in [-0.05, 0) is 54.3 Å². The number of hydrogen-bond acceptors (Lipinski definition) is 2. The molecule has 1 aliphatic rings. The SMILES string of the molecule is CC1CN(C)CCN1Cc1ccc(I)cc1. The average Bonchev–Trinajstić information content (AvgIpc) is 2.25. The van der Waals surface area contributed by atoms with Crippen LogP contribution in [-0.2, 0) is 6.54 Å². The molecule has 0 N–H and O–H groups in total. The van der Waals surface area contributed by atoms with Crippen LogP contribution in [-0.4, -0.2) is 42.5 Å². The highest BCUT2D eigenvalue weighted by atomic mass is 127. The zero-order valence-electron chi connectivity index (χ0n) is 9.99. The molecule has 2 nitrogen and oxygen atoms in total. The Kier molecular flexibility index (Phi) is 4.21. The number of hydrogen-bond donors (Lipinski definition) is 0. The van der Waals surface area contributed by atoms with E-state index in [2.05, 4.69) is 70.6 Å². The summed E-state index contributed by atoms with van der Waals surface area (Å²) in [5, 5.41) is 0. The molecule has 1 unspecified atom stereocenters. The molecule has 0 bridgehead atoms. The summed E-state index contributed by atoms with van der Waals surface area (Å²) in [4.78, 5) is 4.98. The van der Waals surface area contributed by atoms with Crippen molar-refractivity contribution in [2.45, 2.75) is 19.5 Å². The molecular weight excluding hydrogens is 311 g/mol. The Morgan fingerprint density at radius 1 is 1.25 bits per heavy atom. The van der Waals surface area contributed by atoms with E-state index in [-0.39, 0.29) is 0 Å². The molecule has 0 saturated carbocycles. The second-order valence-corrected chi connectivity index (χ2v) is 5.95. The summed E-state index contributed by atoms with van der Waals surface area (Å²) >= 11 is 2.35. The van der Waals surface area contributed by atoms with Crippen LogP contribution in [0.15, 0.2) is 24.3 Å². The third-order valence-electron chi connectivity index (χ3n) is 3.27. The lowest BCUT2D eigenvalue weighted by atomic mass is 10.1. The van der Waals surface area contributed by atoms with E-state index in [4.69, 9.17) is 0 Å². The van der Waals surface area contributed by atoms with Crippen molar-refractivity contribution in [3.63, 3.8) is 0 Å². The maximum atomic E-state index is 2.57. The van der Waals surface area contributed by atoms with Crippen LogP contribution in [0.4, 0.5) is 0 Å². The van der Waals surface area contributed by atoms with Crippen molar-refractivity contribution in [1.29, 1.82) is 0 Å². The Morgan fingerprint density at radius 3 is 2.56 bits per heavy atom. The second-order valence-electron chi connectivity index (χ2n) is 4.71. The standard InChI is InChI=1S/C13H19IN2/c1-11-9-15(2)7-8-16(11)10-12-3-5-13(14)6-4-12/h3-6,11H,7-10H2,1-2H3. The molecule has 1 saturated heterocycles. The minimum absolute atomic E-state index is 0.665. The monoisotopic (exact) mass is 330 g/mol. The van der Waals surface area contributed by atoms with Gasteiger partial charge in [0.1, 0.15) is 0 Å². The van der Waals surface area contributed by atoms with Gasteiger partial charge in [0, 0.05) is 35.8 Å². The van der Waals surface area contributed by atoms with Gasteiger partial charge < -0.3 is 4.90 Å². The Bertz CT molecular complexity index is 336. The molecule has 88 valence electrons. The fourth-order valence-electron chi connectivity index (χ4n) is 2.24. The van der Waals surface area contributed by atoms with Gasteiger partial charge in [-0.15, -0.1) is 0 Å². The summed E-state index contributed by atoms with van der Waals surface area (Å²) in [7, 11) is 2.21. The van der Waals surface area contributed by atoms with E-state index in [0.29, 0.717) is 6.04 Å². The molecule has 0 spiro atoms. The van der Waals surface area contributed by atoms with Crippen LogP contribution < -0.4 is 0 Å². The van der Waals surface area contributed by atoms with Crippen LogP contribution in [0, 0.1) is 3.57 Å². The van der Waals surface area contributed by atoms with Crippen molar-refractivity contribution in [3.05, 3.63) is 33.4 Å². The van der Waals surface area contributed by atoms with E-state index in [1.165, 1.54) is 28.8 Å². The first-order chi connectivity index (χ1) is 7.65. The van der Waals surface area contributed by atoms with Crippen molar-refractivity contribution >= 4 is 22.6 Å². The lowest BCUT2D eigenvalue weighted by Gasteiger charge is -2.38. The highest BCUT2D eigenvalue weighted by Gasteiger charge is 2.20. The topological polar surface area (TPSA) is 6.48 Å². The predicted octanol–water partition coefficient (Wildman–Crippen LogP) is 2.43. The zero-order valence-corrected chi connectivity index (χ0v) is 12.1. The lowest BCUT2D eigenvalue weighted by molar-refractivity contribution is 0.0938. The average molecular weight is 330 g/mol. The first-order valence-electron chi connectivity index (χ1n) is 5.82. The van der Waals surface area contributed by atoms with Crippen LogP contribution in [0.5, 0.6) is 0 Å². The van der Waals surface area contributed by atoms with Gasteiger partial charge in [0.15, 0.2) is 0 Å². The van der Waals surface area contributed by atoms with E-state index in [9.17, 15) is 0 Å². The Morgan fingerprint density at radius 2 is 1.94 bits per heavy atom. The predicted molar refractivity (Wildman–Crippen MR) is 76.5 cm³/mol. The Balaban J connectivity index is 1.96. The Labute approximate surface area is 112 Å². The van der Waals surface area contributed by atoms with Gasteiger partial charge in [0.2, 0.25) is 0 Å². The zero-order chi connectivity index (χ0) is 11.5. The molecule has 16 heavy (non-hydrogen) atoms. The summed E-state index contributed by atoms with van der Waals surface area (Å²) in [6.45, 7) is 6.97. The van der Waals surface area contributed by atoms with E-state index < -0.39 is 0 Å². The highest BCUT2D eigenvalue weighted by Crippen LogP contribution is 2.14. The third-order valence-corrected chi connectivity index (χ3v) is 3.99. The van der Waals surface area contributed by atoms with Crippen LogP contribution >= 0.6 is 22.6 Å². The van der Waals surface area contributed by atoms with Crippen molar-refractivity contribution in [3.8, 4) is 0 Å². The number of nitrogens with zero attached hydrogens (tertiary/aromatic N) is 2. The van der Waals surface area contributed by atoms with Crippen molar-refractivity contribution in [2.75, 3.05) is 26.7 Å². The molecule has 0 amide bonds. The molecule has 2 rings (SSSR count). The first kappa shape index (κ1) is 12.3. The van der Waals surface area contributed by atoms with Crippen LogP contribution in [0.2, 0.25) is 0 Å². The van der Waals surface area contributed by atoms with E-state index >= 15 is 0 Å². The molecule has 0 aromatic heterocycles. The molecule has 1 fully saturated rings. The summed E-state index contributed by atoms with van der Waals surface area (Å²) < 4.78 is 1.31. The number of benzene rings is 1. The Hall–Kier alpha value is -0.130. The normalized spacial score (nSPS) is 23.6. The van der Waals surface area contributed by atoms with Gasteiger partial charge in [-0.25, -0.2) is 0 Å². The quantitative estimate of drug-likeness (QED) is 0.769. The molecule has 1 atom stereocenters. The third kappa shape index (κ3) is 3.18. The maximum absolute atomic E-state index is 2.57. The summed E-state index contributed by atoms with van der Waals surface area (Å²) in [6.07, 6.45) is 0. The minimum atomic E-state index is 0.665.